The zero-order valence-electron chi connectivity index (χ0n) is 20.2. The van der Waals surface area contributed by atoms with Gasteiger partial charge in [0.25, 0.3) is 0 Å². The van der Waals surface area contributed by atoms with Gasteiger partial charge in [-0.3, -0.25) is 0 Å². The molecule has 2 aliphatic rings. The summed E-state index contributed by atoms with van der Waals surface area (Å²) >= 11 is 0. The van der Waals surface area contributed by atoms with Gasteiger partial charge < -0.3 is 20.9 Å². The average Bonchev–Trinajstić information content (AvgIpc) is 2.86. The van der Waals surface area contributed by atoms with Crippen LogP contribution in [0.1, 0.15) is 54.5 Å². The van der Waals surface area contributed by atoms with Crippen molar-refractivity contribution >= 4 is 10.0 Å². The van der Waals surface area contributed by atoms with Gasteiger partial charge in [-0.25, -0.2) is 12.8 Å². The maximum absolute atomic E-state index is 15.4. The second-order valence-corrected chi connectivity index (χ2v) is 11.8. The molecule has 2 aromatic rings. The summed E-state index contributed by atoms with van der Waals surface area (Å²) in [6, 6.07) is 14.1. The van der Waals surface area contributed by atoms with Crippen LogP contribution in [-0.2, 0) is 26.8 Å². The van der Waals surface area contributed by atoms with E-state index in [-0.39, 0.29) is 19.1 Å². The molecule has 9 heteroatoms. The van der Waals surface area contributed by atoms with Crippen LogP contribution in [0, 0.1) is 5.82 Å². The number of benzene rings is 2. The minimum absolute atomic E-state index is 0.00558. The molecule has 2 fully saturated rings. The number of aliphatic hydroxyl groups is 1. The van der Waals surface area contributed by atoms with Crippen LogP contribution in [0.2, 0.25) is 0 Å². The summed E-state index contributed by atoms with van der Waals surface area (Å²) in [5, 5.41) is 12.7. The number of aliphatic hydroxyl groups excluding tert-OH is 1. The van der Waals surface area contributed by atoms with Crippen LogP contribution in [0.4, 0.5) is 4.39 Å². The fraction of sp³-hybridized carbons (Fsp3) is 0.538. The van der Waals surface area contributed by atoms with Crippen molar-refractivity contribution in [2.24, 2.45) is 5.73 Å². The summed E-state index contributed by atoms with van der Waals surface area (Å²) in [6.07, 6.45) is 1.85. The summed E-state index contributed by atoms with van der Waals surface area (Å²) in [4.78, 5) is 0. The molecule has 192 valence electrons. The SMILES string of the molecule is C[C@H]1CC[C@H](c2ccccc2)S(=O)(=O)N1Cc1ccc(C2(NC[C@H](O)CN)CCOCC2)cc1F. The van der Waals surface area contributed by atoms with E-state index in [4.69, 9.17) is 10.5 Å². The molecule has 0 radical (unpaired) electrons. The highest BCUT2D eigenvalue weighted by molar-refractivity contribution is 7.89. The highest BCUT2D eigenvalue weighted by atomic mass is 32.2. The fourth-order valence-electron chi connectivity index (χ4n) is 5.18. The van der Waals surface area contributed by atoms with E-state index in [1.807, 2.05) is 43.3 Å². The number of nitrogens with two attached hydrogens (primary N) is 1. The first kappa shape index (κ1) is 26.2. The lowest BCUT2D eigenvalue weighted by atomic mass is 9.82. The third-order valence-electron chi connectivity index (χ3n) is 7.42. The molecule has 0 spiro atoms. The molecule has 0 saturated carbocycles. The van der Waals surface area contributed by atoms with Crippen molar-refractivity contribution in [2.75, 3.05) is 26.3 Å². The van der Waals surface area contributed by atoms with Crippen LogP contribution < -0.4 is 11.1 Å². The van der Waals surface area contributed by atoms with Crippen LogP contribution in [0.3, 0.4) is 0 Å². The molecule has 0 aromatic heterocycles. The topological polar surface area (TPSA) is 105 Å². The van der Waals surface area contributed by atoms with E-state index in [0.29, 0.717) is 44.6 Å². The minimum Gasteiger partial charge on any atom is -0.390 e. The molecule has 4 N–H and O–H groups in total. The van der Waals surface area contributed by atoms with Crippen molar-refractivity contribution in [3.05, 3.63) is 71.0 Å². The van der Waals surface area contributed by atoms with Crippen LogP contribution in [0.25, 0.3) is 0 Å². The second kappa shape index (κ2) is 11.0. The summed E-state index contributed by atoms with van der Waals surface area (Å²) in [5.41, 5.74) is 6.91. The van der Waals surface area contributed by atoms with Gasteiger partial charge in [0.2, 0.25) is 10.0 Å². The number of hydrogen-bond donors (Lipinski definition) is 3. The molecule has 2 aliphatic heterocycles. The minimum atomic E-state index is -3.65. The lowest BCUT2D eigenvalue weighted by molar-refractivity contribution is 0.0304. The lowest BCUT2D eigenvalue weighted by Gasteiger charge is -2.40. The third-order valence-corrected chi connectivity index (χ3v) is 9.79. The van der Waals surface area contributed by atoms with Gasteiger partial charge in [0.1, 0.15) is 11.1 Å². The van der Waals surface area contributed by atoms with Gasteiger partial charge >= 0.3 is 0 Å². The molecule has 7 nitrogen and oxygen atoms in total. The third kappa shape index (κ3) is 5.60. The second-order valence-electron chi connectivity index (χ2n) is 9.69. The molecule has 0 aliphatic carbocycles. The van der Waals surface area contributed by atoms with Gasteiger partial charge in [0, 0.05) is 50.0 Å². The van der Waals surface area contributed by atoms with Gasteiger partial charge in [0.15, 0.2) is 0 Å². The van der Waals surface area contributed by atoms with E-state index in [1.54, 1.807) is 6.07 Å². The molecule has 2 aromatic carbocycles. The molecule has 35 heavy (non-hydrogen) atoms. The Balaban J connectivity index is 1.58. The fourth-order valence-corrected chi connectivity index (χ4v) is 7.36. The first-order valence-corrected chi connectivity index (χ1v) is 13.8. The number of nitrogens with one attached hydrogen (secondary N) is 1. The van der Waals surface area contributed by atoms with Gasteiger partial charge in [-0.2, -0.15) is 4.31 Å². The van der Waals surface area contributed by atoms with E-state index in [9.17, 15) is 13.5 Å². The quantitative estimate of drug-likeness (QED) is 0.510. The highest BCUT2D eigenvalue weighted by Gasteiger charge is 2.41. The van der Waals surface area contributed by atoms with Crippen LogP contribution in [0.5, 0.6) is 0 Å². The molecule has 2 saturated heterocycles. The summed E-state index contributed by atoms with van der Waals surface area (Å²) < 4.78 is 49.5. The van der Waals surface area contributed by atoms with Crippen molar-refractivity contribution in [1.29, 1.82) is 0 Å². The Morgan fingerprint density at radius 2 is 1.91 bits per heavy atom. The number of hydrogen-bond acceptors (Lipinski definition) is 6. The number of nitrogens with zero attached hydrogens (tertiary/aromatic N) is 1. The number of ether oxygens (including phenoxy) is 1. The van der Waals surface area contributed by atoms with Crippen LogP contribution in [0.15, 0.2) is 48.5 Å². The molecule has 4 rings (SSSR count). The van der Waals surface area contributed by atoms with Crippen molar-refractivity contribution in [1.82, 2.24) is 9.62 Å². The van der Waals surface area contributed by atoms with Gasteiger partial charge in [0.05, 0.1) is 6.10 Å². The van der Waals surface area contributed by atoms with Gasteiger partial charge in [-0.1, -0.05) is 42.5 Å². The predicted molar refractivity (Wildman–Crippen MR) is 134 cm³/mol. The smallest absolute Gasteiger partial charge is 0.221 e. The molecule has 0 amide bonds. The van der Waals surface area contributed by atoms with E-state index in [1.165, 1.54) is 10.4 Å². The zero-order valence-corrected chi connectivity index (χ0v) is 21.0. The molecule has 3 atom stereocenters. The summed E-state index contributed by atoms with van der Waals surface area (Å²) in [6.45, 7) is 3.37. The first-order chi connectivity index (χ1) is 16.8. The summed E-state index contributed by atoms with van der Waals surface area (Å²) in [7, 11) is -3.65. The monoisotopic (exact) mass is 505 g/mol. The Bertz CT molecular complexity index is 1090. The van der Waals surface area contributed by atoms with E-state index in [0.717, 1.165) is 17.5 Å². The lowest BCUT2D eigenvalue weighted by Crippen LogP contribution is -2.50. The predicted octanol–water partition coefficient (Wildman–Crippen LogP) is 2.80. The van der Waals surface area contributed by atoms with Gasteiger partial charge in [-0.05, 0) is 49.8 Å². The number of halogens is 1. The Hall–Kier alpha value is -1.88. The van der Waals surface area contributed by atoms with Crippen molar-refractivity contribution in [3.8, 4) is 0 Å². The Labute approximate surface area is 207 Å². The standard InChI is InChI=1S/C26H36FN3O4S/c1-19-7-10-25(20-5-3-2-4-6-20)35(32,33)30(19)18-21-8-9-22(15-24(21)27)26(11-13-34-14-12-26)29-17-23(31)16-28/h2-6,8-9,15,19,23,25,29,31H,7,10-14,16-18,28H2,1H3/t19-,23+,25+/m0/s1. The van der Waals surface area contributed by atoms with Crippen LogP contribution >= 0.6 is 0 Å². The molecular weight excluding hydrogens is 469 g/mol. The van der Waals surface area contributed by atoms with Crippen molar-refractivity contribution in [3.63, 3.8) is 0 Å². The number of rotatable bonds is 8. The van der Waals surface area contributed by atoms with Crippen molar-refractivity contribution in [2.45, 2.75) is 62.1 Å². The first-order valence-electron chi connectivity index (χ1n) is 12.3. The molecular formula is C26H36FN3O4S. The van der Waals surface area contributed by atoms with E-state index < -0.39 is 32.7 Å². The molecule has 0 unspecified atom stereocenters. The largest absolute Gasteiger partial charge is 0.390 e. The maximum atomic E-state index is 15.4. The molecule has 0 bridgehead atoms. The summed E-state index contributed by atoms with van der Waals surface area (Å²) in [5.74, 6) is -0.432. The Kier molecular flexibility index (Phi) is 8.25. The van der Waals surface area contributed by atoms with Crippen LogP contribution in [-0.4, -0.2) is 56.3 Å². The van der Waals surface area contributed by atoms with Gasteiger partial charge in [-0.15, -0.1) is 0 Å². The van der Waals surface area contributed by atoms with Crippen molar-refractivity contribution < 1.29 is 22.7 Å². The van der Waals surface area contributed by atoms with E-state index >= 15 is 4.39 Å². The Morgan fingerprint density at radius 1 is 1.20 bits per heavy atom. The normalized spacial score (nSPS) is 25.3. The molecule has 2 heterocycles. The number of sulfonamides is 1. The Morgan fingerprint density at radius 3 is 2.57 bits per heavy atom. The highest BCUT2D eigenvalue weighted by Crippen LogP contribution is 2.39. The zero-order chi connectivity index (χ0) is 25.1. The maximum Gasteiger partial charge on any atom is 0.221 e. The van der Waals surface area contributed by atoms with E-state index in [2.05, 4.69) is 5.32 Å². The average molecular weight is 506 g/mol.